The number of benzene rings is 1. The molecule has 17 heteroatoms. The van der Waals surface area contributed by atoms with E-state index in [4.69, 9.17) is 24.1 Å². The van der Waals surface area contributed by atoms with Crippen molar-refractivity contribution in [2.75, 3.05) is 73.3 Å². The summed E-state index contributed by atoms with van der Waals surface area (Å²) in [6.07, 6.45) is 3.89. The van der Waals surface area contributed by atoms with Crippen LogP contribution in [0.1, 0.15) is 80.6 Å². The fourth-order valence-corrected chi connectivity index (χ4v) is 6.99. The number of carbonyl (C=O) groups excluding carboxylic acids is 5. The van der Waals surface area contributed by atoms with Crippen LogP contribution in [0.15, 0.2) is 18.2 Å². The van der Waals surface area contributed by atoms with E-state index in [1.807, 2.05) is 0 Å². The molecule has 0 unspecified atom stereocenters. The lowest BCUT2D eigenvalue weighted by atomic mass is 9.83. The second-order valence-corrected chi connectivity index (χ2v) is 15.2. The first kappa shape index (κ1) is 43.8. The highest BCUT2D eigenvalue weighted by Gasteiger charge is 2.38. The molecule has 1 saturated carbocycles. The largest absolute Gasteiger partial charge is 0.497 e. The van der Waals surface area contributed by atoms with Gasteiger partial charge in [-0.05, 0) is 58.6 Å². The van der Waals surface area contributed by atoms with Crippen molar-refractivity contribution in [1.82, 2.24) is 29.9 Å². The molecule has 0 bridgehead atoms. The van der Waals surface area contributed by atoms with Gasteiger partial charge in [0.05, 0.1) is 38.0 Å². The van der Waals surface area contributed by atoms with Gasteiger partial charge in [-0.25, -0.2) is 9.59 Å². The number of aryl methyl sites for hydroxylation is 1. The summed E-state index contributed by atoms with van der Waals surface area (Å²) in [5.74, 6) is -2.11. The molecule has 0 radical (unpaired) electrons. The number of fused-ring (bicyclic) bond motifs is 1. The van der Waals surface area contributed by atoms with Gasteiger partial charge >= 0.3 is 12.1 Å². The number of rotatable bonds is 16. The SMILES string of the molecule is COc1ccc2c(C(=O)NCCOCCOCC(=O)O)c(C(=O)N3CCN(C(=O)[C@@H](NC(=O)[C@H](C)N(C)C(=O)OC(C)(C)C)C4CCCCC4)CC3)n(C)c2c1. The second kappa shape index (κ2) is 19.8. The highest BCUT2D eigenvalue weighted by molar-refractivity contribution is 6.16. The predicted octanol–water partition coefficient (Wildman–Crippen LogP) is 2.64. The number of methoxy groups -OCH3 is 1. The zero-order chi connectivity index (χ0) is 41.2. The topological polar surface area (TPSA) is 198 Å². The normalized spacial score (nSPS) is 16.2. The average molecular weight is 787 g/mol. The van der Waals surface area contributed by atoms with Crippen molar-refractivity contribution in [3.05, 3.63) is 29.5 Å². The van der Waals surface area contributed by atoms with E-state index in [0.717, 1.165) is 32.1 Å². The van der Waals surface area contributed by atoms with Gasteiger partial charge in [0.2, 0.25) is 11.8 Å². The van der Waals surface area contributed by atoms with Crippen LogP contribution in [0.3, 0.4) is 0 Å². The molecule has 2 atom stereocenters. The second-order valence-electron chi connectivity index (χ2n) is 15.2. The fourth-order valence-electron chi connectivity index (χ4n) is 6.99. The first-order valence-electron chi connectivity index (χ1n) is 19.2. The van der Waals surface area contributed by atoms with Crippen LogP contribution in [0.5, 0.6) is 5.75 Å². The molecule has 4 rings (SSSR count). The summed E-state index contributed by atoms with van der Waals surface area (Å²) in [4.78, 5) is 83.5. The Morgan fingerprint density at radius 1 is 0.946 bits per heavy atom. The van der Waals surface area contributed by atoms with Crippen LogP contribution in [-0.4, -0.2) is 151 Å². The maximum absolute atomic E-state index is 14.3. The van der Waals surface area contributed by atoms with Gasteiger partial charge < -0.3 is 49.1 Å². The third kappa shape index (κ3) is 11.3. The summed E-state index contributed by atoms with van der Waals surface area (Å²) in [6.45, 7) is 7.78. The van der Waals surface area contributed by atoms with Gasteiger partial charge in [0, 0.05) is 58.3 Å². The highest BCUT2D eigenvalue weighted by atomic mass is 16.6. The summed E-state index contributed by atoms with van der Waals surface area (Å²) in [6, 6.07) is 3.53. The van der Waals surface area contributed by atoms with Gasteiger partial charge in [-0.1, -0.05) is 19.3 Å². The zero-order valence-electron chi connectivity index (χ0n) is 33.7. The minimum absolute atomic E-state index is 0.0663. The van der Waals surface area contributed by atoms with Crippen LogP contribution in [0.25, 0.3) is 10.9 Å². The molecule has 310 valence electrons. The van der Waals surface area contributed by atoms with Crippen LogP contribution in [0.2, 0.25) is 0 Å². The minimum atomic E-state index is -1.08. The number of hydrogen-bond acceptors (Lipinski definition) is 10. The van der Waals surface area contributed by atoms with Crippen molar-refractivity contribution in [2.45, 2.75) is 77.5 Å². The van der Waals surface area contributed by atoms with Crippen LogP contribution < -0.4 is 15.4 Å². The Balaban J connectivity index is 1.46. The van der Waals surface area contributed by atoms with E-state index >= 15 is 0 Å². The molecule has 1 aliphatic heterocycles. The summed E-state index contributed by atoms with van der Waals surface area (Å²) >= 11 is 0. The van der Waals surface area contributed by atoms with Crippen LogP contribution in [0, 0.1) is 5.92 Å². The maximum Gasteiger partial charge on any atom is 0.410 e. The molecule has 2 aromatic rings. The smallest absolute Gasteiger partial charge is 0.410 e. The molecule has 1 saturated heterocycles. The number of amides is 5. The number of carboxylic acids is 1. The lowest BCUT2D eigenvalue weighted by molar-refractivity contribution is -0.142. The molecule has 2 fully saturated rings. The number of carbonyl (C=O) groups is 6. The third-order valence-electron chi connectivity index (χ3n) is 10.2. The zero-order valence-corrected chi connectivity index (χ0v) is 33.7. The summed E-state index contributed by atoms with van der Waals surface area (Å²) in [5.41, 5.74) is 0.268. The van der Waals surface area contributed by atoms with Gasteiger partial charge in [-0.2, -0.15) is 0 Å². The summed E-state index contributed by atoms with van der Waals surface area (Å²) in [7, 11) is 4.74. The van der Waals surface area contributed by atoms with Crippen molar-refractivity contribution in [3.8, 4) is 5.75 Å². The lowest BCUT2D eigenvalue weighted by Gasteiger charge is -2.39. The van der Waals surface area contributed by atoms with Crippen molar-refractivity contribution in [2.24, 2.45) is 13.0 Å². The molecular weight excluding hydrogens is 728 g/mol. The van der Waals surface area contributed by atoms with Gasteiger partial charge in [-0.3, -0.25) is 24.1 Å². The minimum Gasteiger partial charge on any atom is -0.497 e. The molecule has 17 nitrogen and oxygen atoms in total. The van der Waals surface area contributed by atoms with E-state index in [2.05, 4.69) is 10.6 Å². The van der Waals surface area contributed by atoms with E-state index in [-0.39, 0.29) is 81.5 Å². The predicted molar refractivity (Wildman–Crippen MR) is 206 cm³/mol. The molecule has 2 aliphatic rings. The van der Waals surface area contributed by atoms with Gasteiger partial charge in [0.1, 0.15) is 35.7 Å². The maximum atomic E-state index is 14.3. The van der Waals surface area contributed by atoms with E-state index in [1.54, 1.807) is 67.3 Å². The summed E-state index contributed by atoms with van der Waals surface area (Å²) < 4.78 is 22.9. The molecular formula is C39H58N6O11. The van der Waals surface area contributed by atoms with Crippen molar-refractivity contribution in [3.63, 3.8) is 0 Å². The van der Waals surface area contributed by atoms with Crippen LogP contribution in [-0.2, 0) is 35.6 Å². The highest BCUT2D eigenvalue weighted by Crippen LogP contribution is 2.31. The first-order valence-corrected chi connectivity index (χ1v) is 19.2. The van der Waals surface area contributed by atoms with Gasteiger partial charge in [-0.15, -0.1) is 0 Å². The van der Waals surface area contributed by atoms with E-state index in [0.29, 0.717) is 16.7 Å². The monoisotopic (exact) mass is 786 g/mol. The fraction of sp³-hybridized carbons (Fsp3) is 0.641. The van der Waals surface area contributed by atoms with Crippen LogP contribution in [0.4, 0.5) is 4.79 Å². The standard InChI is InChI=1S/C39H58N6O11/c1-25(42(5)38(52)56-39(2,3)4)34(48)41-32(26-11-9-8-10-12-26)36(50)44-16-18-45(19-17-44)37(51)33-31(28-14-13-27(53-7)23-29(28)43(33)6)35(49)40-15-20-54-21-22-55-24-30(46)47/h13-14,23,25-26,32H,8-12,15-22,24H2,1-7H3,(H,40,49)(H,41,48)(H,46,47)/t25-,32-/m0/s1. The first-order chi connectivity index (χ1) is 26.5. The molecule has 56 heavy (non-hydrogen) atoms. The Morgan fingerprint density at radius 2 is 1.59 bits per heavy atom. The van der Waals surface area contributed by atoms with Gasteiger partial charge in [0.15, 0.2) is 0 Å². The van der Waals surface area contributed by atoms with Crippen molar-refractivity contribution in [1.29, 1.82) is 0 Å². The Bertz CT molecular complexity index is 1720. The van der Waals surface area contributed by atoms with Gasteiger partial charge in [0.25, 0.3) is 11.8 Å². The number of likely N-dealkylation sites (N-methyl/N-ethyl adjacent to an activating group) is 1. The molecule has 5 amide bonds. The molecule has 3 N–H and O–H groups in total. The average Bonchev–Trinajstić information content (AvgIpc) is 3.47. The number of ether oxygens (including phenoxy) is 4. The summed E-state index contributed by atoms with van der Waals surface area (Å²) in [5, 5.41) is 15.0. The number of hydrogen-bond donors (Lipinski definition) is 3. The van der Waals surface area contributed by atoms with E-state index in [9.17, 15) is 28.8 Å². The Kier molecular flexibility index (Phi) is 15.5. The Labute approximate surface area is 327 Å². The number of carboxylic acid groups (broad SMARTS) is 1. The van der Waals surface area contributed by atoms with E-state index in [1.165, 1.54) is 19.1 Å². The quantitative estimate of drug-likeness (QED) is 0.212. The Hall–Kier alpha value is -4.90. The molecule has 1 aromatic heterocycles. The lowest BCUT2D eigenvalue weighted by Crippen LogP contribution is -2.60. The van der Waals surface area contributed by atoms with Crippen LogP contribution >= 0.6 is 0 Å². The molecule has 2 heterocycles. The van der Waals surface area contributed by atoms with Crippen molar-refractivity contribution >= 4 is 46.6 Å². The number of piperazine rings is 1. The third-order valence-corrected chi connectivity index (χ3v) is 10.2. The van der Waals surface area contributed by atoms with Crippen molar-refractivity contribution < 1.29 is 52.8 Å². The number of nitrogens with zero attached hydrogens (tertiary/aromatic N) is 4. The number of aliphatic carboxylic acids is 1. The molecule has 1 aliphatic carbocycles. The molecule has 1 aromatic carbocycles. The van der Waals surface area contributed by atoms with E-state index < -0.39 is 48.2 Å². The number of aromatic nitrogens is 1. The number of nitrogens with one attached hydrogen (secondary N) is 2. The Morgan fingerprint density at radius 3 is 2.21 bits per heavy atom. The molecule has 0 spiro atoms.